The Kier molecular flexibility index (Phi) is 5.15. The zero-order valence-electron chi connectivity index (χ0n) is 12.0. The third kappa shape index (κ3) is 3.94. The summed E-state index contributed by atoms with van der Waals surface area (Å²) in [6.45, 7) is 4.51. The highest BCUT2D eigenvalue weighted by molar-refractivity contribution is 7.08. The fraction of sp³-hybridized carbons (Fsp3) is 0.462. The summed E-state index contributed by atoms with van der Waals surface area (Å²) in [5.74, 6) is -0.200. The van der Waals surface area contributed by atoms with Crippen LogP contribution in [0, 0.1) is 6.92 Å². The van der Waals surface area contributed by atoms with Crippen LogP contribution in [0.1, 0.15) is 34.4 Å². The summed E-state index contributed by atoms with van der Waals surface area (Å²) in [5, 5.41) is 10.8. The molecule has 0 aliphatic rings. The van der Waals surface area contributed by atoms with Crippen molar-refractivity contribution in [2.24, 2.45) is 0 Å². The number of aromatic nitrogens is 4. The van der Waals surface area contributed by atoms with Gasteiger partial charge in [0, 0.05) is 12.6 Å². The minimum atomic E-state index is -0.200. The molecule has 0 aromatic carbocycles. The highest BCUT2D eigenvalue weighted by Crippen LogP contribution is 2.11. The highest BCUT2D eigenvalue weighted by Gasteiger charge is 2.15. The number of aryl methyl sites for hydroxylation is 2. The first kappa shape index (κ1) is 15.3. The van der Waals surface area contributed by atoms with E-state index in [0.717, 1.165) is 35.8 Å². The Morgan fingerprint density at radius 1 is 1.43 bits per heavy atom. The van der Waals surface area contributed by atoms with Gasteiger partial charge < -0.3 is 5.32 Å². The second kappa shape index (κ2) is 7.07. The van der Waals surface area contributed by atoms with E-state index in [0.29, 0.717) is 18.0 Å². The molecular formula is C13H17N5O2S. The van der Waals surface area contributed by atoms with Gasteiger partial charge >= 0.3 is 0 Å². The van der Waals surface area contributed by atoms with Crippen LogP contribution in [0.15, 0.2) is 16.9 Å². The maximum absolute atomic E-state index is 12.1. The molecule has 112 valence electrons. The van der Waals surface area contributed by atoms with Crippen molar-refractivity contribution >= 4 is 17.4 Å². The van der Waals surface area contributed by atoms with E-state index in [1.54, 1.807) is 6.07 Å². The van der Waals surface area contributed by atoms with Crippen molar-refractivity contribution < 1.29 is 4.79 Å². The van der Waals surface area contributed by atoms with Crippen molar-refractivity contribution in [2.45, 2.75) is 33.2 Å². The zero-order valence-corrected chi connectivity index (χ0v) is 12.8. The van der Waals surface area contributed by atoms with Gasteiger partial charge in [0.1, 0.15) is 4.88 Å². The normalized spacial score (nSPS) is 10.6. The van der Waals surface area contributed by atoms with E-state index in [2.05, 4.69) is 20.0 Å². The second-order valence-corrected chi connectivity index (χ2v) is 5.34. The van der Waals surface area contributed by atoms with Crippen molar-refractivity contribution in [3.8, 4) is 0 Å². The van der Waals surface area contributed by atoms with Crippen LogP contribution in [0.5, 0.6) is 0 Å². The molecule has 2 heterocycles. The predicted octanol–water partition coefficient (Wildman–Crippen LogP) is 0.786. The molecule has 0 fully saturated rings. The average molecular weight is 307 g/mol. The standard InChI is InChI=1S/C13H17N5O2S/c1-3-4-10-12(21-17-15-10)13(20)14-7-8-18-11(19)6-5-9(2)16-18/h5-6H,3-4,7-8H2,1-2H3,(H,14,20). The number of carbonyl (C=O) groups excluding carboxylic acids is 1. The molecule has 7 nitrogen and oxygen atoms in total. The summed E-state index contributed by atoms with van der Waals surface area (Å²) < 4.78 is 5.16. The van der Waals surface area contributed by atoms with Crippen LogP contribution in [0.2, 0.25) is 0 Å². The molecular weight excluding hydrogens is 290 g/mol. The minimum Gasteiger partial charge on any atom is -0.349 e. The molecule has 1 amide bonds. The summed E-state index contributed by atoms with van der Waals surface area (Å²) >= 11 is 1.09. The largest absolute Gasteiger partial charge is 0.349 e. The molecule has 0 aliphatic heterocycles. The molecule has 0 aliphatic carbocycles. The smallest absolute Gasteiger partial charge is 0.266 e. The lowest BCUT2D eigenvalue weighted by Gasteiger charge is -2.06. The van der Waals surface area contributed by atoms with Gasteiger partial charge in [0.05, 0.1) is 17.9 Å². The van der Waals surface area contributed by atoms with Gasteiger partial charge in [-0.2, -0.15) is 5.10 Å². The lowest BCUT2D eigenvalue weighted by molar-refractivity contribution is 0.0954. The van der Waals surface area contributed by atoms with E-state index < -0.39 is 0 Å². The number of nitrogens with one attached hydrogen (secondary N) is 1. The predicted molar refractivity (Wildman–Crippen MR) is 79.5 cm³/mol. The van der Waals surface area contributed by atoms with Crippen LogP contribution in [-0.4, -0.2) is 31.8 Å². The summed E-state index contributed by atoms with van der Waals surface area (Å²) in [6, 6.07) is 3.13. The molecule has 0 unspecified atom stereocenters. The van der Waals surface area contributed by atoms with E-state index in [1.807, 2.05) is 13.8 Å². The molecule has 2 aromatic rings. The molecule has 0 spiro atoms. The Hall–Kier alpha value is -2.09. The van der Waals surface area contributed by atoms with Gasteiger partial charge in [0.25, 0.3) is 11.5 Å². The number of carbonyl (C=O) groups is 1. The molecule has 2 rings (SSSR count). The Morgan fingerprint density at radius 3 is 3.00 bits per heavy atom. The summed E-state index contributed by atoms with van der Waals surface area (Å²) in [7, 11) is 0. The van der Waals surface area contributed by atoms with Crippen molar-refractivity contribution in [3.05, 3.63) is 38.8 Å². The second-order valence-electron chi connectivity index (χ2n) is 4.59. The monoisotopic (exact) mass is 307 g/mol. The van der Waals surface area contributed by atoms with Gasteiger partial charge in [-0.3, -0.25) is 9.59 Å². The first-order chi connectivity index (χ1) is 10.1. The van der Waals surface area contributed by atoms with E-state index >= 15 is 0 Å². The average Bonchev–Trinajstić information content (AvgIpc) is 2.91. The first-order valence-corrected chi connectivity index (χ1v) is 7.53. The van der Waals surface area contributed by atoms with Crippen molar-refractivity contribution in [2.75, 3.05) is 6.54 Å². The third-order valence-electron chi connectivity index (χ3n) is 2.86. The molecule has 8 heteroatoms. The summed E-state index contributed by atoms with van der Waals surface area (Å²) in [5.41, 5.74) is 1.31. The Labute approximate surface area is 126 Å². The van der Waals surface area contributed by atoms with Crippen LogP contribution in [-0.2, 0) is 13.0 Å². The van der Waals surface area contributed by atoms with Crippen LogP contribution in [0.3, 0.4) is 0 Å². The van der Waals surface area contributed by atoms with Gasteiger partial charge in [0.2, 0.25) is 0 Å². The van der Waals surface area contributed by atoms with E-state index in [4.69, 9.17) is 0 Å². The molecule has 0 saturated carbocycles. The lowest BCUT2D eigenvalue weighted by Crippen LogP contribution is -2.32. The first-order valence-electron chi connectivity index (χ1n) is 6.76. The fourth-order valence-corrected chi connectivity index (χ4v) is 2.47. The van der Waals surface area contributed by atoms with Gasteiger partial charge in [-0.05, 0) is 30.9 Å². The molecule has 0 bridgehead atoms. The molecule has 0 radical (unpaired) electrons. The topological polar surface area (TPSA) is 89.8 Å². The molecule has 0 atom stereocenters. The zero-order chi connectivity index (χ0) is 15.2. The Bertz CT molecular complexity index is 679. The summed E-state index contributed by atoms with van der Waals surface area (Å²) in [6.07, 6.45) is 1.65. The maximum Gasteiger partial charge on any atom is 0.266 e. The number of hydrogen-bond acceptors (Lipinski definition) is 6. The van der Waals surface area contributed by atoms with Gasteiger partial charge in [-0.25, -0.2) is 4.68 Å². The lowest BCUT2D eigenvalue weighted by atomic mass is 10.2. The van der Waals surface area contributed by atoms with Crippen LogP contribution >= 0.6 is 11.5 Å². The number of amides is 1. The van der Waals surface area contributed by atoms with Crippen LogP contribution < -0.4 is 10.9 Å². The van der Waals surface area contributed by atoms with Gasteiger partial charge in [0.15, 0.2) is 0 Å². The van der Waals surface area contributed by atoms with Crippen molar-refractivity contribution in [1.82, 2.24) is 24.7 Å². The Balaban J connectivity index is 1.94. The Morgan fingerprint density at radius 2 is 2.24 bits per heavy atom. The number of nitrogens with zero attached hydrogens (tertiary/aromatic N) is 4. The van der Waals surface area contributed by atoms with E-state index in [-0.39, 0.29) is 11.5 Å². The van der Waals surface area contributed by atoms with E-state index in [1.165, 1.54) is 10.7 Å². The SMILES string of the molecule is CCCc1nnsc1C(=O)NCCn1nc(C)ccc1=O. The van der Waals surface area contributed by atoms with Crippen molar-refractivity contribution in [1.29, 1.82) is 0 Å². The fourth-order valence-electron chi connectivity index (χ4n) is 1.85. The van der Waals surface area contributed by atoms with Crippen molar-refractivity contribution in [3.63, 3.8) is 0 Å². The van der Waals surface area contributed by atoms with Gasteiger partial charge in [-0.1, -0.05) is 17.8 Å². The highest BCUT2D eigenvalue weighted by atomic mass is 32.1. The maximum atomic E-state index is 12.1. The molecule has 21 heavy (non-hydrogen) atoms. The number of hydrogen-bond donors (Lipinski definition) is 1. The van der Waals surface area contributed by atoms with Crippen LogP contribution in [0.25, 0.3) is 0 Å². The molecule has 2 aromatic heterocycles. The van der Waals surface area contributed by atoms with E-state index in [9.17, 15) is 9.59 Å². The van der Waals surface area contributed by atoms with Crippen LogP contribution in [0.4, 0.5) is 0 Å². The quantitative estimate of drug-likeness (QED) is 0.852. The number of rotatable bonds is 6. The van der Waals surface area contributed by atoms with Gasteiger partial charge in [-0.15, -0.1) is 5.10 Å². The summed E-state index contributed by atoms with van der Waals surface area (Å²) in [4.78, 5) is 24.2. The minimum absolute atomic E-state index is 0.180. The molecule has 0 saturated heterocycles. The third-order valence-corrected chi connectivity index (χ3v) is 3.62. The molecule has 1 N–H and O–H groups in total.